The summed E-state index contributed by atoms with van der Waals surface area (Å²) < 4.78 is 10.0. The second kappa shape index (κ2) is 6.44. The highest BCUT2D eigenvalue weighted by molar-refractivity contribution is 7.09. The van der Waals surface area contributed by atoms with Gasteiger partial charge in [0.1, 0.15) is 10.7 Å². The Bertz CT molecular complexity index is 625. The predicted octanol–water partition coefficient (Wildman–Crippen LogP) is -0.192. The summed E-state index contributed by atoms with van der Waals surface area (Å²) in [6.45, 7) is 1.49. The molecule has 0 aromatic carbocycles. The first-order valence-corrected chi connectivity index (χ1v) is 6.73. The predicted molar refractivity (Wildman–Crippen MR) is 77.1 cm³/mol. The Morgan fingerprint density at radius 2 is 2.35 bits per heavy atom. The number of methoxy groups -OCH3 is 1. The lowest BCUT2D eigenvalue weighted by Crippen LogP contribution is -2.28. The van der Waals surface area contributed by atoms with Gasteiger partial charge in [0.2, 0.25) is 0 Å². The van der Waals surface area contributed by atoms with Crippen molar-refractivity contribution < 1.29 is 4.74 Å². The lowest BCUT2D eigenvalue weighted by molar-refractivity contribution is 0.206. The minimum atomic E-state index is -0.209. The van der Waals surface area contributed by atoms with Crippen molar-refractivity contribution in [1.82, 2.24) is 19.4 Å². The van der Waals surface area contributed by atoms with Crippen LogP contribution in [-0.2, 0) is 11.3 Å². The van der Waals surface area contributed by atoms with E-state index in [-0.39, 0.29) is 12.1 Å². The molecule has 2 heterocycles. The van der Waals surface area contributed by atoms with Crippen molar-refractivity contribution in [3.63, 3.8) is 0 Å². The van der Waals surface area contributed by atoms with Gasteiger partial charge in [-0.15, -0.1) is 5.10 Å². The molecule has 0 amide bonds. The number of anilines is 2. The first kappa shape index (κ1) is 14.4. The zero-order valence-corrected chi connectivity index (χ0v) is 12.1. The molecule has 0 saturated heterocycles. The van der Waals surface area contributed by atoms with Crippen LogP contribution < -0.4 is 16.2 Å². The quantitative estimate of drug-likeness (QED) is 0.788. The molecular weight excluding hydrogens is 280 g/mol. The van der Waals surface area contributed by atoms with Gasteiger partial charge in [0.05, 0.1) is 25.0 Å². The first-order valence-electron chi connectivity index (χ1n) is 5.95. The fraction of sp³-hybridized carbons (Fsp3) is 0.455. The molecule has 0 aliphatic heterocycles. The Morgan fingerprint density at radius 3 is 2.95 bits per heavy atom. The summed E-state index contributed by atoms with van der Waals surface area (Å²) in [5.41, 5.74) is 6.79. The van der Waals surface area contributed by atoms with E-state index < -0.39 is 0 Å². The van der Waals surface area contributed by atoms with Crippen molar-refractivity contribution in [2.45, 2.75) is 6.54 Å². The number of ether oxygens (including phenoxy) is 1. The number of rotatable bonds is 6. The van der Waals surface area contributed by atoms with E-state index in [4.69, 9.17) is 10.5 Å². The standard InChI is InChI=1S/C11H16N6O2S/c1-16(3-4-19-2)8-5-10(18)17(13-6-8)7-9-11(12)20-15-14-9/h5-6H,3-4,7,12H2,1-2H3. The highest BCUT2D eigenvalue weighted by Crippen LogP contribution is 2.13. The van der Waals surface area contributed by atoms with E-state index in [0.29, 0.717) is 23.8 Å². The van der Waals surface area contributed by atoms with Crippen LogP contribution in [0.2, 0.25) is 0 Å². The first-order chi connectivity index (χ1) is 9.61. The van der Waals surface area contributed by atoms with Crippen LogP contribution in [0, 0.1) is 0 Å². The van der Waals surface area contributed by atoms with Gasteiger partial charge in [-0.1, -0.05) is 4.49 Å². The molecule has 0 radical (unpaired) electrons. The molecule has 0 bridgehead atoms. The van der Waals surface area contributed by atoms with Gasteiger partial charge < -0.3 is 15.4 Å². The molecular formula is C11H16N6O2S. The minimum Gasteiger partial charge on any atom is -0.388 e. The molecule has 2 aromatic rings. The number of nitrogens with two attached hydrogens (primary N) is 1. The molecule has 108 valence electrons. The molecule has 20 heavy (non-hydrogen) atoms. The Labute approximate surface area is 119 Å². The van der Waals surface area contributed by atoms with E-state index in [1.54, 1.807) is 13.3 Å². The van der Waals surface area contributed by atoms with Gasteiger partial charge >= 0.3 is 0 Å². The Morgan fingerprint density at radius 1 is 1.55 bits per heavy atom. The summed E-state index contributed by atoms with van der Waals surface area (Å²) in [4.78, 5) is 13.9. The molecule has 0 unspecified atom stereocenters. The summed E-state index contributed by atoms with van der Waals surface area (Å²) in [5.74, 6) is 0. The lowest BCUT2D eigenvalue weighted by atomic mass is 10.4. The van der Waals surface area contributed by atoms with E-state index >= 15 is 0 Å². The topological polar surface area (TPSA) is 99.2 Å². The average molecular weight is 296 g/mol. The monoisotopic (exact) mass is 296 g/mol. The van der Waals surface area contributed by atoms with E-state index in [1.807, 2.05) is 11.9 Å². The van der Waals surface area contributed by atoms with Crippen LogP contribution in [0.25, 0.3) is 0 Å². The molecule has 2 rings (SSSR count). The van der Waals surface area contributed by atoms with E-state index in [0.717, 1.165) is 17.2 Å². The normalized spacial score (nSPS) is 10.7. The zero-order valence-electron chi connectivity index (χ0n) is 11.3. The SMILES string of the molecule is COCCN(C)c1cnn(Cc2nnsc2N)c(=O)c1. The number of likely N-dealkylation sites (N-methyl/N-ethyl adjacent to an activating group) is 1. The molecule has 0 fully saturated rings. The molecule has 0 saturated carbocycles. The highest BCUT2D eigenvalue weighted by Gasteiger charge is 2.09. The van der Waals surface area contributed by atoms with Crippen molar-refractivity contribution >= 4 is 22.2 Å². The zero-order chi connectivity index (χ0) is 14.5. The number of hydrogen-bond acceptors (Lipinski definition) is 8. The summed E-state index contributed by atoms with van der Waals surface area (Å²) in [7, 11) is 3.51. The van der Waals surface area contributed by atoms with Gasteiger partial charge in [0.15, 0.2) is 0 Å². The van der Waals surface area contributed by atoms with Crippen molar-refractivity contribution in [3.8, 4) is 0 Å². The van der Waals surface area contributed by atoms with Crippen LogP contribution in [0.1, 0.15) is 5.69 Å². The van der Waals surface area contributed by atoms with E-state index in [1.165, 1.54) is 10.7 Å². The molecule has 2 N–H and O–H groups in total. The van der Waals surface area contributed by atoms with Gasteiger partial charge in [-0.05, 0) is 0 Å². The Balaban J connectivity index is 2.14. The number of nitrogen functional groups attached to an aromatic ring is 1. The van der Waals surface area contributed by atoms with Crippen LogP contribution in [-0.4, -0.2) is 46.7 Å². The fourth-order valence-electron chi connectivity index (χ4n) is 1.58. The van der Waals surface area contributed by atoms with Gasteiger partial charge in [-0.25, -0.2) is 4.68 Å². The number of aromatic nitrogens is 4. The van der Waals surface area contributed by atoms with Crippen LogP contribution in [0.4, 0.5) is 10.7 Å². The molecule has 9 heteroatoms. The molecule has 0 spiro atoms. The van der Waals surface area contributed by atoms with E-state index in [2.05, 4.69) is 14.7 Å². The summed E-state index contributed by atoms with van der Waals surface area (Å²) in [6.07, 6.45) is 1.63. The van der Waals surface area contributed by atoms with Crippen LogP contribution in [0.5, 0.6) is 0 Å². The highest BCUT2D eigenvalue weighted by atomic mass is 32.1. The van der Waals surface area contributed by atoms with Gasteiger partial charge in [0, 0.05) is 38.3 Å². The molecule has 2 aromatic heterocycles. The Kier molecular flexibility index (Phi) is 4.64. The van der Waals surface area contributed by atoms with Gasteiger partial charge in [-0.3, -0.25) is 4.79 Å². The fourth-order valence-corrected chi connectivity index (χ4v) is 2.01. The summed E-state index contributed by atoms with van der Waals surface area (Å²) >= 11 is 1.10. The third-order valence-corrected chi connectivity index (χ3v) is 3.41. The number of hydrogen-bond donors (Lipinski definition) is 1. The minimum absolute atomic E-state index is 0.209. The second-order valence-corrected chi connectivity index (χ2v) is 4.99. The van der Waals surface area contributed by atoms with Crippen LogP contribution >= 0.6 is 11.5 Å². The van der Waals surface area contributed by atoms with Crippen molar-refractivity contribution in [3.05, 3.63) is 28.3 Å². The smallest absolute Gasteiger partial charge is 0.269 e. The second-order valence-electron chi connectivity index (χ2n) is 4.21. The molecule has 8 nitrogen and oxygen atoms in total. The maximum atomic E-state index is 12.0. The molecule has 0 aliphatic carbocycles. The third kappa shape index (κ3) is 3.31. The van der Waals surface area contributed by atoms with Crippen LogP contribution in [0.15, 0.2) is 17.1 Å². The number of nitrogens with zero attached hydrogens (tertiary/aromatic N) is 5. The third-order valence-electron chi connectivity index (χ3n) is 2.81. The van der Waals surface area contributed by atoms with Crippen molar-refractivity contribution in [1.29, 1.82) is 0 Å². The Hall–Kier alpha value is -2.00. The maximum absolute atomic E-state index is 12.0. The summed E-state index contributed by atoms with van der Waals surface area (Å²) in [5, 5.41) is 8.49. The maximum Gasteiger partial charge on any atom is 0.269 e. The van der Waals surface area contributed by atoms with Gasteiger partial charge in [0.25, 0.3) is 5.56 Å². The van der Waals surface area contributed by atoms with Crippen LogP contribution in [0.3, 0.4) is 0 Å². The van der Waals surface area contributed by atoms with Gasteiger partial charge in [-0.2, -0.15) is 5.10 Å². The molecule has 0 atom stereocenters. The van der Waals surface area contributed by atoms with Crippen molar-refractivity contribution in [2.75, 3.05) is 37.9 Å². The van der Waals surface area contributed by atoms with Crippen molar-refractivity contribution in [2.24, 2.45) is 0 Å². The average Bonchev–Trinajstić information content (AvgIpc) is 2.84. The molecule has 0 aliphatic rings. The summed E-state index contributed by atoms with van der Waals surface area (Å²) in [6, 6.07) is 1.53. The van der Waals surface area contributed by atoms with E-state index in [9.17, 15) is 4.79 Å². The largest absolute Gasteiger partial charge is 0.388 e. The lowest BCUT2D eigenvalue weighted by Gasteiger charge is -2.18.